The van der Waals surface area contributed by atoms with Gasteiger partial charge in [0, 0.05) is 5.56 Å². The average molecular weight is 305 g/mol. The Labute approximate surface area is 126 Å². The number of amides is 1. The first kappa shape index (κ1) is 15.0. The Morgan fingerprint density at radius 3 is 2.57 bits per heavy atom. The molecule has 0 atom stereocenters. The highest BCUT2D eigenvalue weighted by Crippen LogP contribution is 2.27. The lowest BCUT2D eigenvalue weighted by Crippen LogP contribution is -2.14. The summed E-state index contributed by atoms with van der Waals surface area (Å²) in [5.74, 6) is -0.559. The Balaban J connectivity index is 2.37. The highest BCUT2D eigenvalue weighted by molar-refractivity contribution is 6.34. The molecule has 0 saturated carbocycles. The van der Waals surface area contributed by atoms with E-state index in [-0.39, 0.29) is 11.3 Å². The number of halogens is 1. The Morgan fingerprint density at radius 1 is 1.24 bits per heavy atom. The van der Waals surface area contributed by atoms with Gasteiger partial charge < -0.3 is 5.32 Å². The molecule has 0 heterocycles. The first-order valence-corrected chi connectivity index (χ1v) is 6.59. The van der Waals surface area contributed by atoms with Gasteiger partial charge in [-0.3, -0.25) is 14.9 Å². The van der Waals surface area contributed by atoms with E-state index < -0.39 is 10.8 Å². The van der Waals surface area contributed by atoms with Gasteiger partial charge >= 0.3 is 0 Å². The molecule has 0 aliphatic carbocycles. The molecule has 0 aliphatic heterocycles. The quantitative estimate of drug-likeness (QED) is 0.685. The summed E-state index contributed by atoms with van der Waals surface area (Å²) >= 11 is 6.05. The molecule has 0 bridgehead atoms. The van der Waals surface area contributed by atoms with Gasteiger partial charge in [0.1, 0.15) is 5.56 Å². The van der Waals surface area contributed by atoms with Crippen molar-refractivity contribution in [1.82, 2.24) is 0 Å². The van der Waals surface area contributed by atoms with Gasteiger partial charge in [-0.05, 0) is 37.6 Å². The van der Waals surface area contributed by atoms with Crippen molar-refractivity contribution in [1.29, 1.82) is 0 Å². The third-order valence-corrected chi connectivity index (χ3v) is 3.35. The fraction of sp³-hybridized carbons (Fsp3) is 0.133. The Hall–Kier alpha value is -2.40. The molecule has 2 aromatic rings. The third kappa shape index (κ3) is 3.20. The number of nitro benzene ring substituents is 1. The van der Waals surface area contributed by atoms with Crippen molar-refractivity contribution in [2.45, 2.75) is 13.8 Å². The minimum Gasteiger partial charge on any atom is -0.320 e. The van der Waals surface area contributed by atoms with E-state index in [0.29, 0.717) is 16.3 Å². The molecule has 0 saturated heterocycles. The first-order valence-electron chi connectivity index (χ1n) is 6.21. The van der Waals surface area contributed by atoms with Gasteiger partial charge in [-0.25, -0.2) is 0 Å². The number of carbonyl (C=O) groups excluding carboxylic acids is 1. The molecule has 1 N–H and O–H groups in total. The summed E-state index contributed by atoms with van der Waals surface area (Å²) in [4.78, 5) is 22.8. The molecule has 2 rings (SSSR count). The van der Waals surface area contributed by atoms with Crippen LogP contribution in [0, 0.1) is 24.0 Å². The van der Waals surface area contributed by atoms with E-state index in [1.165, 1.54) is 6.07 Å². The maximum atomic E-state index is 12.3. The highest BCUT2D eigenvalue weighted by Gasteiger charge is 2.22. The number of rotatable bonds is 3. The van der Waals surface area contributed by atoms with Crippen LogP contribution in [0.1, 0.15) is 21.5 Å². The second-order valence-corrected chi connectivity index (χ2v) is 5.07. The van der Waals surface area contributed by atoms with E-state index in [4.69, 9.17) is 11.6 Å². The number of nitrogens with zero attached hydrogens (tertiary/aromatic N) is 1. The molecule has 0 fully saturated rings. The molecule has 0 spiro atoms. The number of nitrogens with one attached hydrogen (secondary N) is 1. The summed E-state index contributed by atoms with van der Waals surface area (Å²) in [6.07, 6.45) is 0. The number of nitro groups is 1. The minimum absolute atomic E-state index is 0.0108. The van der Waals surface area contributed by atoms with Crippen LogP contribution in [-0.4, -0.2) is 10.8 Å². The highest BCUT2D eigenvalue weighted by atomic mass is 35.5. The predicted molar refractivity (Wildman–Crippen MR) is 82.0 cm³/mol. The van der Waals surface area contributed by atoms with Gasteiger partial charge in [-0.1, -0.05) is 29.8 Å². The lowest BCUT2D eigenvalue weighted by Gasteiger charge is -2.09. The van der Waals surface area contributed by atoms with E-state index >= 15 is 0 Å². The van der Waals surface area contributed by atoms with Crippen LogP contribution < -0.4 is 5.32 Å². The SMILES string of the molecule is Cc1ccc(NC(=O)c2cccc(C)c2[N+](=O)[O-])c(Cl)c1. The number of carbonyl (C=O) groups is 1. The summed E-state index contributed by atoms with van der Waals surface area (Å²) in [6, 6.07) is 9.79. The van der Waals surface area contributed by atoms with Crippen molar-refractivity contribution in [2.24, 2.45) is 0 Å². The van der Waals surface area contributed by atoms with Crippen molar-refractivity contribution >= 4 is 28.9 Å². The second-order valence-electron chi connectivity index (χ2n) is 4.67. The van der Waals surface area contributed by atoms with Gasteiger partial charge in [-0.2, -0.15) is 0 Å². The molecule has 6 heteroatoms. The van der Waals surface area contributed by atoms with E-state index in [1.54, 1.807) is 37.3 Å². The van der Waals surface area contributed by atoms with Crippen LogP contribution in [0.25, 0.3) is 0 Å². The zero-order valence-corrected chi connectivity index (χ0v) is 12.3. The Kier molecular flexibility index (Phi) is 4.23. The van der Waals surface area contributed by atoms with E-state index in [2.05, 4.69) is 5.32 Å². The van der Waals surface area contributed by atoms with Crippen LogP contribution >= 0.6 is 11.6 Å². The maximum Gasteiger partial charge on any atom is 0.285 e. The van der Waals surface area contributed by atoms with Crippen LogP contribution in [0.2, 0.25) is 5.02 Å². The number of aryl methyl sites for hydroxylation is 2. The van der Waals surface area contributed by atoms with Gasteiger partial charge in [0.15, 0.2) is 0 Å². The lowest BCUT2D eigenvalue weighted by atomic mass is 10.1. The van der Waals surface area contributed by atoms with E-state index in [9.17, 15) is 14.9 Å². The minimum atomic E-state index is -0.559. The Bertz CT molecular complexity index is 729. The zero-order chi connectivity index (χ0) is 15.6. The summed E-state index contributed by atoms with van der Waals surface area (Å²) in [5.41, 5.74) is 1.63. The molecule has 0 radical (unpaired) electrons. The van der Waals surface area contributed by atoms with Crippen molar-refractivity contribution in [3.8, 4) is 0 Å². The van der Waals surface area contributed by atoms with Crippen LogP contribution in [0.15, 0.2) is 36.4 Å². The van der Waals surface area contributed by atoms with Gasteiger partial charge in [0.2, 0.25) is 0 Å². The molecule has 0 aliphatic rings. The van der Waals surface area contributed by atoms with Crippen LogP contribution in [0.3, 0.4) is 0 Å². The summed E-state index contributed by atoms with van der Waals surface area (Å²) < 4.78 is 0. The van der Waals surface area contributed by atoms with Gasteiger partial charge in [-0.15, -0.1) is 0 Å². The molecule has 0 aromatic heterocycles. The molecule has 21 heavy (non-hydrogen) atoms. The van der Waals surface area contributed by atoms with Crippen LogP contribution in [-0.2, 0) is 0 Å². The number of anilines is 1. The monoisotopic (exact) mass is 304 g/mol. The van der Waals surface area contributed by atoms with Gasteiger partial charge in [0.05, 0.1) is 15.6 Å². The maximum absolute atomic E-state index is 12.3. The van der Waals surface area contributed by atoms with Crippen LogP contribution in [0.5, 0.6) is 0 Å². The van der Waals surface area contributed by atoms with Gasteiger partial charge in [0.25, 0.3) is 11.6 Å². The zero-order valence-electron chi connectivity index (χ0n) is 11.5. The largest absolute Gasteiger partial charge is 0.320 e. The molecular weight excluding hydrogens is 292 g/mol. The number of benzene rings is 2. The molecule has 2 aromatic carbocycles. The van der Waals surface area contributed by atoms with E-state index in [0.717, 1.165) is 5.56 Å². The number of para-hydroxylation sites is 1. The predicted octanol–water partition coefficient (Wildman–Crippen LogP) is 4.12. The fourth-order valence-electron chi connectivity index (χ4n) is 2.00. The third-order valence-electron chi connectivity index (χ3n) is 3.04. The lowest BCUT2D eigenvalue weighted by molar-refractivity contribution is -0.385. The van der Waals surface area contributed by atoms with Crippen molar-refractivity contribution in [2.75, 3.05) is 5.32 Å². The Morgan fingerprint density at radius 2 is 1.95 bits per heavy atom. The molecule has 108 valence electrons. The number of hydrogen-bond acceptors (Lipinski definition) is 3. The van der Waals surface area contributed by atoms with E-state index in [1.807, 2.05) is 6.92 Å². The van der Waals surface area contributed by atoms with Crippen molar-refractivity contribution in [3.05, 3.63) is 68.2 Å². The number of hydrogen-bond donors (Lipinski definition) is 1. The summed E-state index contributed by atoms with van der Waals surface area (Å²) in [5, 5.41) is 14.1. The normalized spacial score (nSPS) is 10.2. The smallest absolute Gasteiger partial charge is 0.285 e. The first-order chi connectivity index (χ1) is 9.90. The molecular formula is C15H13ClN2O3. The second kappa shape index (κ2) is 5.93. The fourth-order valence-corrected chi connectivity index (χ4v) is 2.28. The topological polar surface area (TPSA) is 72.2 Å². The summed E-state index contributed by atoms with van der Waals surface area (Å²) in [6.45, 7) is 3.47. The van der Waals surface area contributed by atoms with Crippen molar-refractivity contribution < 1.29 is 9.72 Å². The van der Waals surface area contributed by atoms with Crippen molar-refractivity contribution in [3.63, 3.8) is 0 Å². The standard InChI is InChI=1S/C15H13ClN2O3/c1-9-6-7-13(12(16)8-9)17-15(19)11-5-3-4-10(2)14(11)18(20)21/h3-8H,1-2H3,(H,17,19). The molecule has 1 amide bonds. The summed E-state index contributed by atoms with van der Waals surface area (Å²) in [7, 11) is 0. The molecule has 5 nitrogen and oxygen atoms in total. The van der Waals surface area contributed by atoms with Crippen LogP contribution in [0.4, 0.5) is 11.4 Å². The average Bonchev–Trinajstić information content (AvgIpc) is 2.41. The molecule has 0 unspecified atom stereocenters.